The Kier molecular flexibility index (Phi) is 25.3. The Morgan fingerprint density at radius 3 is 0.818 bits per heavy atom. The van der Waals surface area contributed by atoms with Crippen LogP contribution in [-0.4, -0.2) is 14.2 Å². The van der Waals surface area contributed by atoms with Crippen LogP contribution in [0.4, 0.5) is 0 Å². The predicted molar refractivity (Wildman–Crippen MR) is 63.7 cm³/mol. The first-order valence-corrected chi connectivity index (χ1v) is 5.34. The molecule has 2 aromatic rings. The van der Waals surface area contributed by atoms with E-state index in [1.54, 1.807) is 36.4 Å². The maximum atomic E-state index is 10.2. The van der Waals surface area contributed by atoms with Crippen LogP contribution in [0.25, 0.3) is 0 Å². The van der Waals surface area contributed by atoms with Crippen LogP contribution in [-0.2, 0) is 0 Å². The van der Waals surface area contributed by atoms with Crippen molar-refractivity contribution in [1.82, 2.24) is 0 Å². The molecule has 0 N–H and O–H groups in total. The van der Waals surface area contributed by atoms with Gasteiger partial charge in [0.2, 0.25) is 0 Å². The zero-order valence-electron chi connectivity index (χ0n) is 13.6. The van der Waals surface area contributed by atoms with Gasteiger partial charge in [0.15, 0.2) is 0 Å². The van der Waals surface area contributed by atoms with Gasteiger partial charge in [0.25, 0.3) is 0 Å². The van der Waals surface area contributed by atoms with Crippen LogP contribution < -0.4 is 106 Å². The van der Waals surface area contributed by atoms with Gasteiger partial charge in [-0.2, -0.15) is 0 Å². The predicted octanol–water partition coefficient (Wildman–Crippen LogP) is -15.8. The summed E-state index contributed by atoms with van der Waals surface area (Å²) >= 11 is 0. The monoisotopic (exact) mass is 268 g/mol. The number of rotatable bonds is 2. The summed E-state index contributed by atoms with van der Waals surface area (Å²) in [5.74, 6) is 0. The summed E-state index contributed by atoms with van der Waals surface area (Å²) in [6.07, 6.45) is 0. The van der Waals surface area contributed by atoms with E-state index in [2.05, 4.69) is 0 Å². The van der Waals surface area contributed by atoms with Crippen molar-refractivity contribution in [1.29, 1.82) is 0 Å². The molecule has 10 heteroatoms. The molecule has 0 saturated carbocycles. The molecule has 2 aromatic carbocycles. The normalized spacial score (nSPS) is 7.45. The Hall–Kier alpha value is 0.799. The van der Waals surface area contributed by atoms with Crippen molar-refractivity contribution in [3.63, 3.8) is 0 Å². The van der Waals surface area contributed by atoms with Crippen molar-refractivity contribution in [2.24, 2.45) is 0 Å². The number of benzene rings is 2. The van der Waals surface area contributed by atoms with E-state index in [-0.39, 0.29) is 75.4 Å². The molecule has 0 atom stereocenters. The van der Waals surface area contributed by atoms with E-state index in [4.69, 9.17) is 0 Å². The molecule has 0 aromatic heterocycles. The van der Waals surface area contributed by atoms with E-state index in [0.29, 0.717) is 10.9 Å². The Morgan fingerprint density at radius 1 is 0.455 bits per heavy atom. The molecule has 0 aliphatic carbocycles. The Bertz CT molecular complexity index is 406. The minimum Gasteiger partial charge on any atom is -0.889 e. The largest absolute Gasteiger partial charge is 1.00 e. The van der Waals surface area contributed by atoms with Gasteiger partial charge in [-0.25, -0.2) is 0 Å². The maximum Gasteiger partial charge on any atom is 1.00 e. The summed E-state index contributed by atoms with van der Waals surface area (Å²) in [7, 11) is -3.68. The third-order valence-corrected chi connectivity index (χ3v) is 2.14. The summed E-state index contributed by atoms with van der Waals surface area (Å²) in [5, 5.41) is 40.7. The fourth-order valence-corrected chi connectivity index (χ4v) is 1.22. The van der Waals surface area contributed by atoms with Gasteiger partial charge in [0.1, 0.15) is 0 Å². The molecule has 2 rings (SSSR count). The van der Waals surface area contributed by atoms with E-state index < -0.39 is 14.2 Å². The average Bonchev–Trinajstić information content (AvgIpc) is 2.41. The van der Waals surface area contributed by atoms with Crippen LogP contribution in [0.15, 0.2) is 60.7 Å². The maximum absolute atomic E-state index is 10.2. The fourth-order valence-electron chi connectivity index (χ4n) is 1.22. The first-order chi connectivity index (χ1) is 8.61. The summed E-state index contributed by atoms with van der Waals surface area (Å²) < 4.78 is 0. The molecule has 22 heavy (non-hydrogen) atoms. The first-order valence-electron chi connectivity index (χ1n) is 5.34. The molecular formula is C12H10B2Li4O4. The second-order valence-electron chi connectivity index (χ2n) is 3.49. The van der Waals surface area contributed by atoms with Gasteiger partial charge in [-0.1, -0.05) is 74.9 Å². The molecule has 0 aliphatic heterocycles. The average molecular weight is 268 g/mol. The van der Waals surface area contributed by atoms with Crippen molar-refractivity contribution in [2.75, 3.05) is 0 Å². The molecule has 0 bridgehead atoms. The van der Waals surface area contributed by atoms with Crippen LogP contribution in [0.5, 0.6) is 0 Å². The summed E-state index contributed by atoms with van der Waals surface area (Å²) in [6, 6.07) is 16.4. The Labute approximate surface area is 180 Å². The molecule has 0 radical (unpaired) electrons. The van der Waals surface area contributed by atoms with Gasteiger partial charge < -0.3 is 20.1 Å². The van der Waals surface area contributed by atoms with Gasteiger partial charge >= 0.3 is 75.4 Å². The van der Waals surface area contributed by atoms with Crippen molar-refractivity contribution in [3.05, 3.63) is 60.7 Å². The van der Waals surface area contributed by atoms with Crippen molar-refractivity contribution in [3.8, 4) is 0 Å². The van der Waals surface area contributed by atoms with E-state index in [1.807, 2.05) is 0 Å². The zero-order chi connectivity index (χ0) is 13.4. The summed E-state index contributed by atoms with van der Waals surface area (Å²) in [5.41, 5.74) is 0.606. The summed E-state index contributed by atoms with van der Waals surface area (Å²) in [6.45, 7) is 0. The standard InChI is InChI=1S/2C6H5BO2.4Li/c2*8-7(9)6-4-2-1-3-5-6;;;;/h2*1-5H;;;;/q2*-2;4*+1. The molecular weight excluding hydrogens is 258 g/mol. The van der Waals surface area contributed by atoms with Crippen molar-refractivity contribution in [2.45, 2.75) is 0 Å². The number of hydrogen-bond donors (Lipinski definition) is 0. The fraction of sp³-hybridized carbons (Fsp3) is 0. The van der Waals surface area contributed by atoms with Gasteiger partial charge in [-0.05, 0) is 0 Å². The molecule has 0 saturated heterocycles. The molecule has 0 spiro atoms. The molecule has 92 valence electrons. The molecule has 0 amide bonds. The van der Waals surface area contributed by atoms with Crippen LogP contribution in [0.2, 0.25) is 0 Å². The topological polar surface area (TPSA) is 92.2 Å². The molecule has 4 nitrogen and oxygen atoms in total. The minimum absolute atomic E-state index is 0. The van der Waals surface area contributed by atoms with Crippen LogP contribution in [0.1, 0.15) is 0 Å². The van der Waals surface area contributed by atoms with E-state index in [1.165, 1.54) is 24.3 Å². The number of hydrogen-bond acceptors (Lipinski definition) is 4. The van der Waals surface area contributed by atoms with E-state index in [9.17, 15) is 20.1 Å². The van der Waals surface area contributed by atoms with Crippen molar-refractivity contribution < 1.29 is 95.5 Å². The van der Waals surface area contributed by atoms with Gasteiger partial charge in [0, 0.05) is 0 Å². The molecule has 0 heterocycles. The van der Waals surface area contributed by atoms with Crippen LogP contribution in [0.3, 0.4) is 0 Å². The van der Waals surface area contributed by atoms with Gasteiger partial charge in [-0.15, -0.1) is 10.9 Å². The zero-order valence-corrected chi connectivity index (χ0v) is 13.6. The van der Waals surface area contributed by atoms with Crippen LogP contribution in [0, 0.1) is 0 Å². The van der Waals surface area contributed by atoms with Crippen molar-refractivity contribution >= 4 is 25.2 Å². The third kappa shape index (κ3) is 13.3. The Balaban J connectivity index is -0.000000125. The quantitative estimate of drug-likeness (QED) is 0.505. The van der Waals surface area contributed by atoms with Crippen LogP contribution >= 0.6 is 0 Å². The van der Waals surface area contributed by atoms with Gasteiger partial charge in [-0.3, -0.25) is 0 Å². The second kappa shape index (κ2) is 18.1. The smallest absolute Gasteiger partial charge is 0.889 e. The van der Waals surface area contributed by atoms with E-state index in [0.717, 1.165) is 0 Å². The van der Waals surface area contributed by atoms with Gasteiger partial charge in [0.05, 0.1) is 0 Å². The van der Waals surface area contributed by atoms with E-state index >= 15 is 0 Å². The SMILES string of the molecule is [Li+].[Li+].[Li+].[Li+].[O-]B([O-])c1ccccc1.[O-]B([O-])c1ccccc1. The second-order valence-corrected chi connectivity index (χ2v) is 3.49. The Morgan fingerprint density at radius 2 is 0.682 bits per heavy atom. The molecule has 0 unspecified atom stereocenters. The third-order valence-electron chi connectivity index (χ3n) is 2.14. The first kappa shape index (κ1) is 30.7. The molecule has 0 fully saturated rings. The summed E-state index contributed by atoms with van der Waals surface area (Å²) in [4.78, 5) is 0. The molecule has 0 aliphatic rings. The minimum atomic E-state index is -1.84.